The van der Waals surface area contributed by atoms with Crippen LogP contribution in [0.5, 0.6) is 0 Å². The largest absolute Gasteiger partial charge is 0.314 e. The van der Waals surface area contributed by atoms with E-state index in [1.54, 1.807) is 0 Å². The van der Waals surface area contributed by atoms with Gasteiger partial charge < -0.3 is 21.3 Å². The first-order chi connectivity index (χ1) is 33.7. The minimum Gasteiger partial charge on any atom is -0.314 e. The second-order valence-corrected chi connectivity index (χ2v) is 19.1. The van der Waals surface area contributed by atoms with Crippen molar-refractivity contribution in [3.63, 3.8) is 0 Å². The van der Waals surface area contributed by atoms with E-state index in [1.165, 1.54) is 79.4 Å². The number of hydrogen-bond donors (Lipinski definition) is 4. The van der Waals surface area contributed by atoms with Crippen LogP contribution in [0.3, 0.4) is 0 Å². The predicted octanol–water partition coefficient (Wildman–Crippen LogP) is 10.8. The summed E-state index contributed by atoms with van der Waals surface area (Å²) in [5, 5.41) is 22.6. The Labute approximate surface area is 406 Å². The molecule has 3 aliphatic rings. The van der Waals surface area contributed by atoms with Crippen molar-refractivity contribution in [1.82, 2.24) is 31.1 Å². The second kappa shape index (κ2) is 25.1. The Morgan fingerprint density at radius 3 is 1.41 bits per heavy atom. The fourth-order valence-corrected chi connectivity index (χ4v) is 10.6. The highest BCUT2D eigenvalue weighted by Gasteiger charge is 2.23. The molecule has 3 heterocycles. The van der Waals surface area contributed by atoms with Gasteiger partial charge in [-0.15, -0.1) is 0 Å². The second-order valence-electron chi connectivity index (χ2n) is 19.1. The Morgan fingerprint density at radius 1 is 0.382 bits per heavy atom. The molecule has 3 atom stereocenters. The number of rotatable bonds is 13. The van der Waals surface area contributed by atoms with Gasteiger partial charge in [0.05, 0.1) is 0 Å². The molecule has 6 nitrogen and oxygen atoms in total. The molecule has 68 heavy (non-hydrogen) atoms. The third kappa shape index (κ3) is 13.5. The Hall–Kier alpha value is -5.70. The van der Waals surface area contributed by atoms with Crippen molar-refractivity contribution in [3.8, 4) is 0 Å². The summed E-state index contributed by atoms with van der Waals surface area (Å²) >= 11 is 0. The van der Waals surface area contributed by atoms with E-state index in [-0.39, 0.29) is 0 Å². The van der Waals surface area contributed by atoms with Crippen molar-refractivity contribution in [2.75, 3.05) is 58.9 Å². The lowest BCUT2D eigenvalue weighted by Crippen LogP contribution is -2.50. The van der Waals surface area contributed by atoms with Crippen LogP contribution in [0.25, 0.3) is 32.3 Å². The van der Waals surface area contributed by atoms with Crippen LogP contribution in [-0.4, -0.2) is 86.8 Å². The number of nitrogens with one attached hydrogen (secondary N) is 4. The molecule has 0 aromatic heterocycles. The summed E-state index contributed by atoms with van der Waals surface area (Å²) in [6.45, 7) is 12.1. The SMILES string of the molecule is c1ccc(CN2CCNC[C@@H]2CCc2cccc3ccccc23)cc1.c1ccc(CN2CCN[C@@H](CCc3cccc4ccccc34)C2)cc1.c1ccc2c(CC[C@H]3CNCCN3)cccc2c1. The van der Waals surface area contributed by atoms with Gasteiger partial charge in [-0.2, -0.15) is 0 Å². The Morgan fingerprint density at radius 2 is 0.853 bits per heavy atom. The monoisotopic (exact) mass is 901 g/mol. The predicted molar refractivity (Wildman–Crippen MR) is 288 cm³/mol. The molecule has 0 bridgehead atoms. The van der Waals surface area contributed by atoms with Crippen molar-refractivity contribution in [3.05, 3.63) is 216 Å². The fourth-order valence-electron chi connectivity index (χ4n) is 10.6. The topological polar surface area (TPSA) is 54.6 Å². The molecule has 0 spiro atoms. The first-order valence-corrected chi connectivity index (χ1v) is 25.5. The normalized spacial score (nSPS) is 18.9. The maximum atomic E-state index is 3.71. The average Bonchev–Trinajstić information content (AvgIpc) is 3.41. The molecule has 3 aliphatic heterocycles. The van der Waals surface area contributed by atoms with Gasteiger partial charge in [0.15, 0.2) is 0 Å². The van der Waals surface area contributed by atoms with E-state index >= 15 is 0 Å². The van der Waals surface area contributed by atoms with Crippen molar-refractivity contribution in [2.45, 2.75) is 69.7 Å². The summed E-state index contributed by atoms with van der Waals surface area (Å²) in [7, 11) is 0. The maximum Gasteiger partial charge on any atom is 0.0237 e. The van der Waals surface area contributed by atoms with E-state index in [4.69, 9.17) is 0 Å². The lowest BCUT2D eigenvalue weighted by Gasteiger charge is -2.36. The third-order valence-electron chi connectivity index (χ3n) is 14.3. The highest BCUT2D eigenvalue weighted by molar-refractivity contribution is 5.87. The number of benzene rings is 8. The van der Waals surface area contributed by atoms with Crippen molar-refractivity contribution in [1.29, 1.82) is 0 Å². The smallest absolute Gasteiger partial charge is 0.0237 e. The van der Waals surface area contributed by atoms with Crippen molar-refractivity contribution >= 4 is 32.3 Å². The molecule has 8 aromatic rings. The number of hydrogen-bond acceptors (Lipinski definition) is 6. The van der Waals surface area contributed by atoms with Crippen LogP contribution in [0, 0.1) is 0 Å². The van der Waals surface area contributed by atoms with Crippen LogP contribution in [0.1, 0.15) is 47.1 Å². The Bertz CT molecular complexity index is 2720. The van der Waals surface area contributed by atoms with E-state index < -0.39 is 0 Å². The van der Waals surface area contributed by atoms with Crippen LogP contribution < -0.4 is 21.3 Å². The lowest BCUT2D eigenvalue weighted by molar-refractivity contribution is 0.145. The number of nitrogens with zero attached hydrogens (tertiary/aromatic N) is 2. The zero-order valence-corrected chi connectivity index (χ0v) is 40.0. The highest BCUT2D eigenvalue weighted by atomic mass is 15.2. The van der Waals surface area contributed by atoms with Crippen molar-refractivity contribution < 1.29 is 0 Å². The molecular weight excluding hydrogens is 829 g/mol. The molecule has 3 fully saturated rings. The fraction of sp³-hybridized carbons (Fsp3) is 0.323. The van der Waals surface area contributed by atoms with Crippen LogP contribution in [0.15, 0.2) is 188 Å². The molecule has 6 heteroatoms. The van der Waals surface area contributed by atoms with E-state index in [0.29, 0.717) is 18.1 Å². The van der Waals surface area contributed by atoms with E-state index in [0.717, 1.165) is 91.3 Å². The summed E-state index contributed by atoms with van der Waals surface area (Å²) in [6.07, 6.45) is 7.03. The van der Waals surface area contributed by atoms with Gasteiger partial charge in [0.1, 0.15) is 0 Å². The first-order valence-electron chi connectivity index (χ1n) is 25.5. The first kappa shape index (κ1) is 47.4. The summed E-state index contributed by atoms with van der Waals surface area (Å²) < 4.78 is 0. The number of fused-ring (bicyclic) bond motifs is 3. The molecule has 0 saturated carbocycles. The minimum absolute atomic E-state index is 0.580. The van der Waals surface area contributed by atoms with Crippen LogP contribution in [0.2, 0.25) is 0 Å². The molecular formula is C62H72N6. The number of aryl methyl sites for hydroxylation is 3. The molecule has 0 unspecified atom stereocenters. The van der Waals surface area contributed by atoms with Gasteiger partial charge in [-0.05, 0) is 98.7 Å². The summed E-state index contributed by atoms with van der Waals surface area (Å²) in [5.41, 5.74) is 7.25. The molecule has 8 aromatic carbocycles. The molecule has 3 saturated heterocycles. The third-order valence-corrected chi connectivity index (χ3v) is 14.3. The van der Waals surface area contributed by atoms with Crippen LogP contribution in [0.4, 0.5) is 0 Å². The lowest BCUT2D eigenvalue weighted by atomic mass is 9.97. The van der Waals surface area contributed by atoms with Gasteiger partial charge in [0.2, 0.25) is 0 Å². The summed E-state index contributed by atoms with van der Waals surface area (Å²) in [5.74, 6) is 0. The minimum atomic E-state index is 0.580. The van der Waals surface area contributed by atoms with Gasteiger partial charge in [0.25, 0.3) is 0 Å². The Balaban J connectivity index is 0.000000129. The van der Waals surface area contributed by atoms with E-state index in [1.807, 2.05) is 0 Å². The molecule has 0 amide bonds. The van der Waals surface area contributed by atoms with Crippen LogP contribution >= 0.6 is 0 Å². The van der Waals surface area contributed by atoms with Crippen LogP contribution in [-0.2, 0) is 32.4 Å². The van der Waals surface area contributed by atoms with E-state index in [9.17, 15) is 0 Å². The van der Waals surface area contributed by atoms with E-state index in [2.05, 4.69) is 219 Å². The summed E-state index contributed by atoms with van der Waals surface area (Å²) in [6, 6.07) is 69.6. The van der Waals surface area contributed by atoms with Gasteiger partial charge in [-0.1, -0.05) is 188 Å². The molecule has 350 valence electrons. The molecule has 0 aliphatic carbocycles. The Kier molecular flexibility index (Phi) is 17.5. The van der Waals surface area contributed by atoms with Gasteiger partial charge in [0, 0.05) is 90.1 Å². The zero-order valence-electron chi connectivity index (χ0n) is 40.0. The number of piperazine rings is 3. The standard InChI is InChI=1S/2C23H26N2.C16H20N2/c1-2-7-19(8-3-1)18-25-16-15-24-17-22(25)14-13-21-11-6-10-20-9-4-5-12-23(20)21;1-2-7-19(8-3-1)17-25-16-15-24-22(18-25)14-13-21-11-6-10-20-9-4-5-12-23(20)21;1-2-7-16-13(4-1)5-3-6-14(16)8-9-15-12-17-10-11-18-15/h2*1-12,22,24H,13-18H2;1-7,15,17-18H,8-12H2/t2*22-;15-/m000/s1. The van der Waals surface area contributed by atoms with Crippen molar-refractivity contribution in [2.24, 2.45) is 0 Å². The molecule has 4 N–H and O–H groups in total. The highest BCUT2D eigenvalue weighted by Crippen LogP contribution is 2.24. The average molecular weight is 901 g/mol. The molecule has 0 radical (unpaired) electrons. The maximum absolute atomic E-state index is 3.71. The summed E-state index contributed by atoms with van der Waals surface area (Å²) in [4.78, 5) is 5.23. The van der Waals surface area contributed by atoms with Gasteiger partial charge >= 0.3 is 0 Å². The quantitative estimate of drug-likeness (QED) is 0.0925. The van der Waals surface area contributed by atoms with Gasteiger partial charge in [-0.3, -0.25) is 9.80 Å². The molecule has 11 rings (SSSR count). The van der Waals surface area contributed by atoms with Gasteiger partial charge in [-0.25, -0.2) is 0 Å². The zero-order chi connectivity index (χ0) is 46.0.